The molecule has 1 aromatic heterocycles. The third kappa shape index (κ3) is 2.58. The molecule has 11 heavy (non-hydrogen) atoms. The number of nitrogens with zero attached hydrogens (tertiary/aromatic N) is 1. The van der Waals surface area contributed by atoms with Crippen LogP contribution in [0.1, 0.15) is 25.0 Å². The average Bonchev–Trinajstić information content (AvgIpc) is 2.04. The van der Waals surface area contributed by atoms with E-state index < -0.39 is 0 Å². The van der Waals surface area contributed by atoms with Crippen LogP contribution in [-0.2, 0) is 0 Å². The SMILES string of the molecule is CC.Cc1cncc(C)c1N. The van der Waals surface area contributed by atoms with E-state index in [0.29, 0.717) is 0 Å². The van der Waals surface area contributed by atoms with Gasteiger partial charge in [0.2, 0.25) is 0 Å². The van der Waals surface area contributed by atoms with Crippen LogP contribution in [0.3, 0.4) is 0 Å². The summed E-state index contributed by atoms with van der Waals surface area (Å²) in [5.74, 6) is 0. The van der Waals surface area contributed by atoms with E-state index >= 15 is 0 Å². The van der Waals surface area contributed by atoms with E-state index in [9.17, 15) is 0 Å². The number of anilines is 1. The summed E-state index contributed by atoms with van der Waals surface area (Å²) in [7, 11) is 0. The Morgan fingerprint density at radius 1 is 1.09 bits per heavy atom. The highest BCUT2D eigenvalue weighted by molar-refractivity contribution is 5.50. The van der Waals surface area contributed by atoms with Crippen molar-refractivity contribution >= 4 is 5.69 Å². The molecule has 0 amide bonds. The van der Waals surface area contributed by atoms with Crippen molar-refractivity contribution in [2.24, 2.45) is 0 Å². The van der Waals surface area contributed by atoms with E-state index in [1.165, 1.54) is 0 Å². The van der Waals surface area contributed by atoms with Crippen LogP contribution in [0.15, 0.2) is 12.4 Å². The molecule has 0 unspecified atom stereocenters. The third-order valence-electron chi connectivity index (χ3n) is 1.39. The van der Waals surface area contributed by atoms with E-state index in [4.69, 9.17) is 5.73 Å². The lowest BCUT2D eigenvalue weighted by Gasteiger charge is -1.99. The Balaban J connectivity index is 0.000000461. The standard InChI is InChI=1S/C7H10N2.C2H6/c1-5-3-9-4-6(2)7(5)8;1-2/h3-4H,1-2H3,(H2,8,9);1-2H3. The minimum atomic E-state index is 0.852. The second-order valence-corrected chi connectivity index (χ2v) is 2.19. The van der Waals surface area contributed by atoms with Crippen LogP contribution in [0.25, 0.3) is 0 Å². The molecular formula is C9H16N2. The summed E-state index contributed by atoms with van der Waals surface area (Å²) >= 11 is 0. The van der Waals surface area contributed by atoms with Gasteiger partial charge in [0.05, 0.1) is 0 Å². The largest absolute Gasteiger partial charge is 0.398 e. The van der Waals surface area contributed by atoms with Crippen LogP contribution < -0.4 is 5.73 Å². The molecule has 0 saturated heterocycles. The van der Waals surface area contributed by atoms with Crippen LogP contribution in [0.2, 0.25) is 0 Å². The first-order chi connectivity index (χ1) is 5.22. The van der Waals surface area contributed by atoms with Gasteiger partial charge in [-0.25, -0.2) is 0 Å². The maximum Gasteiger partial charge on any atom is 0.0404 e. The topological polar surface area (TPSA) is 38.9 Å². The molecule has 0 radical (unpaired) electrons. The second kappa shape index (κ2) is 4.72. The maximum absolute atomic E-state index is 5.64. The predicted octanol–water partition coefficient (Wildman–Crippen LogP) is 2.31. The first-order valence-corrected chi connectivity index (χ1v) is 3.88. The van der Waals surface area contributed by atoms with Gasteiger partial charge in [-0.2, -0.15) is 0 Å². The zero-order valence-corrected chi connectivity index (χ0v) is 7.68. The molecule has 2 heteroatoms. The summed E-state index contributed by atoms with van der Waals surface area (Å²) in [4.78, 5) is 3.96. The van der Waals surface area contributed by atoms with Gasteiger partial charge in [0.1, 0.15) is 0 Å². The van der Waals surface area contributed by atoms with E-state index in [-0.39, 0.29) is 0 Å². The third-order valence-corrected chi connectivity index (χ3v) is 1.39. The summed E-state index contributed by atoms with van der Waals surface area (Å²) in [6.45, 7) is 7.91. The van der Waals surface area contributed by atoms with Gasteiger partial charge in [-0.15, -0.1) is 0 Å². The van der Waals surface area contributed by atoms with Gasteiger partial charge in [-0.1, -0.05) is 13.8 Å². The van der Waals surface area contributed by atoms with Crippen molar-refractivity contribution in [2.45, 2.75) is 27.7 Å². The first kappa shape index (κ1) is 9.95. The molecule has 0 aliphatic rings. The van der Waals surface area contributed by atoms with Crippen molar-refractivity contribution in [3.8, 4) is 0 Å². The van der Waals surface area contributed by atoms with Crippen molar-refractivity contribution in [1.82, 2.24) is 4.98 Å². The number of aryl methyl sites for hydroxylation is 2. The smallest absolute Gasteiger partial charge is 0.0404 e. The van der Waals surface area contributed by atoms with Gasteiger partial charge in [0.15, 0.2) is 0 Å². The quantitative estimate of drug-likeness (QED) is 0.619. The Hall–Kier alpha value is -1.05. The highest BCUT2D eigenvalue weighted by atomic mass is 14.7. The van der Waals surface area contributed by atoms with Crippen LogP contribution in [0, 0.1) is 13.8 Å². The lowest BCUT2D eigenvalue weighted by molar-refractivity contribution is 1.23. The summed E-state index contributed by atoms with van der Waals surface area (Å²) in [5, 5.41) is 0. The number of nitrogen functional groups attached to an aromatic ring is 1. The predicted molar refractivity (Wildman–Crippen MR) is 49.5 cm³/mol. The van der Waals surface area contributed by atoms with Gasteiger partial charge in [0.25, 0.3) is 0 Å². The molecule has 1 aromatic rings. The van der Waals surface area contributed by atoms with Crippen molar-refractivity contribution < 1.29 is 0 Å². The Bertz CT molecular complexity index is 199. The molecule has 0 bridgehead atoms. The molecule has 0 fully saturated rings. The monoisotopic (exact) mass is 152 g/mol. The molecule has 0 spiro atoms. The fourth-order valence-corrected chi connectivity index (χ4v) is 0.711. The summed E-state index contributed by atoms with van der Waals surface area (Å²) in [5.41, 5.74) is 8.60. The minimum Gasteiger partial charge on any atom is -0.398 e. The molecule has 0 aromatic carbocycles. The molecule has 0 atom stereocenters. The van der Waals surface area contributed by atoms with Crippen molar-refractivity contribution in [3.05, 3.63) is 23.5 Å². The van der Waals surface area contributed by atoms with E-state index in [2.05, 4.69) is 4.98 Å². The Labute approximate surface area is 68.5 Å². The van der Waals surface area contributed by atoms with Crippen LogP contribution >= 0.6 is 0 Å². The number of hydrogen-bond acceptors (Lipinski definition) is 2. The zero-order chi connectivity index (χ0) is 8.85. The lowest BCUT2D eigenvalue weighted by Crippen LogP contribution is -1.93. The maximum atomic E-state index is 5.64. The Morgan fingerprint density at radius 3 is 1.73 bits per heavy atom. The molecule has 2 nitrogen and oxygen atoms in total. The zero-order valence-electron chi connectivity index (χ0n) is 7.68. The van der Waals surface area contributed by atoms with Gasteiger partial charge in [-0.3, -0.25) is 4.98 Å². The minimum absolute atomic E-state index is 0.852. The molecule has 0 saturated carbocycles. The molecular weight excluding hydrogens is 136 g/mol. The Morgan fingerprint density at radius 2 is 1.45 bits per heavy atom. The van der Waals surface area contributed by atoms with Gasteiger partial charge in [-0.05, 0) is 25.0 Å². The van der Waals surface area contributed by atoms with E-state index in [1.54, 1.807) is 12.4 Å². The van der Waals surface area contributed by atoms with Crippen molar-refractivity contribution in [3.63, 3.8) is 0 Å². The molecule has 1 heterocycles. The fourth-order valence-electron chi connectivity index (χ4n) is 0.711. The second-order valence-electron chi connectivity index (χ2n) is 2.19. The van der Waals surface area contributed by atoms with Crippen LogP contribution in [-0.4, -0.2) is 4.98 Å². The normalized spacial score (nSPS) is 8.36. The number of hydrogen-bond donors (Lipinski definition) is 1. The number of rotatable bonds is 0. The highest BCUT2D eigenvalue weighted by Crippen LogP contribution is 2.11. The first-order valence-electron chi connectivity index (χ1n) is 3.88. The van der Waals surface area contributed by atoms with Crippen molar-refractivity contribution in [1.29, 1.82) is 0 Å². The van der Waals surface area contributed by atoms with Crippen LogP contribution in [0.4, 0.5) is 5.69 Å². The fraction of sp³-hybridized carbons (Fsp3) is 0.444. The van der Waals surface area contributed by atoms with Gasteiger partial charge in [0, 0.05) is 18.1 Å². The number of aromatic nitrogens is 1. The number of nitrogens with two attached hydrogens (primary N) is 1. The molecule has 62 valence electrons. The summed E-state index contributed by atoms with van der Waals surface area (Å²) in [6, 6.07) is 0. The van der Waals surface area contributed by atoms with Crippen molar-refractivity contribution in [2.75, 3.05) is 5.73 Å². The lowest BCUT2D eigenvalue weighted by atomic mass is 10.2. The molecule has 0 aliphatic carbocycles. The molecule has 1 rings (SSSR count). The highest BCUT2D eigenvalue weighted by Gasteiger charge is 1.93. The summed E-state index contributed by atoms with van der Waals surface area (Å²) in [6.07, 6.45) is 3.53. The summed E-state index contributed by atoms with van der Waals surface area (Å²) < 4.78 is 0. The van der Waals surface area contributed by atoms with Gasteiger partial charge < -0.3 is 5.73 Å². The Kier molecular flexibility index (Phi) is 4.27. The van der Waals surface area contributed by atoms with E-state index in [1.807, 2.05) is 27.7 Å². The van der Waals surface area contributed by atoms with Crippen LogP contribution in [0.5, 0.6) is 0 Å². The molecule has 2 N–H and O–H groups in total. The van der Waals surface area contributed by atoms with Gasteiger partial charge >= 0.3 is 0 Å². The molecule has 0 aliphatic heterocycles. The average molecular weight is 152 g/mol. The number of pyridine rings is 1. The van der Waals surface area contributed by atoms with E-state index in [0.717, 1.165) is 16.8 Å².